The van der Waals surface area contributed by atoms with Gasteiger partial charge in [0.1, 0.15) is 0 Å². The number of para-hydroxylation sites is 1. The first kappa shape index (κ1) is 13.9. The molecular formula is C9H4IN3O5. The van der Waals surface area contributed by atoms with Gasteiger partial charge in [0.25, 0.3) is 0 Å². The second-order valence-corrected chi connectivity index (χ2v) is 4.00. The van der Waals surface area contributed by atoms with Crippen LogP contribution in [0.25, 0.3) is 5.53 Å². The van der Waals surface area contributed by atoms with Crippen LogP contribution in [0.5, 0.6) is 5.75 Å². The molecule has 0 radical (unpaired) electrons. The highest BCUT2D eigenvalue weighted by Gasteiger charge is 2.25. The van der Waals surface area contributed by atoms with Crippen molar-refractivity contribution in [2.45, 2.75) is 0 Å². The number of hydrogen-bond donors (Lipinski definition) is 0. The van der Waals surface area contributed by atoms with Crippen LogP contribution in [0.3, 0.4) is 0 Å². The van der Waals surface area contributed by atoms with Crippen LogP contribution in [0.1, 0.15) is 0 Å². The maximum Gasteiger partial charge on any atom is 0.392 e. The minimum atomic E-state index is -1.38. The molecule has 0 saturated heterocycles. The molecule has 0 amide bonds. The van der Waals surface area contributed by atoms with Crippen molar-refractivity contribution in [3.63, 3.8) is 0 Å². The summed E-state index contributed by atoms with van der Waals surface area (Å²) in [5.74, 6) is -2.96. The standard InChI is InChI=1S/C9H4IN3O5/c10-5-2-1-3-7(8(5)13(16)17)18-9(15)6(14)4-12-11/h1-4H. The van der Waals surface area contributed by atoms with E-state index in [1.165, 1.54) is 18.2 Å². The molecule has 0 heterocycles. The van der Waals surface area contributed by atoms with E-state index in [1.54, 1.807) is 22.6 Å². The summed E-state index contributed by atoms with van der Waals surface area (Å²) in [6.07, 6.45) is 0.335. The van der Waals surface area contributed by atoms with Crippen molar-refractivity contribution in [2.75, 3.05) is 0 Å². The Kier molecular flexibility index (Phi) is 4.63. The van der Waals surface area contributed by atoms with E-state index >= 15 is 0 Å². The van der Waals surface area contributed by atoms with Gasteiger partial charge in [-0.15, -0.1) is 0 Å². The molecule has 0 saturated carbocycles. The fourth-order valence-electron chi connectivity index (χ4n) is 1.01. The van der Waals surface area contributed by atoms with E-state index < -0.39 is 22.4 Å². The summed E-state index contributed by atoms with van der Waals surface area (Å²) in [5.41, 5.74) is 7.65. The molecule has 1 aromatic carbocycles. The van der Waals surface area contributed by atoms with E-state index in [0.717, 1.165) is 0 Å². The number of esters is 1. The number of halogens is 1. The number of carbonyl (C=O) groups is 2. The number of nitrogens with zero attached hydrogens (tertiary/aromatic N) is 3. The molecular weight excluding hydrogens is 357 g/mol. The van der Waals surface area contributed by atoms with E-state index in [2.05, 4.69) is 9.53 Å². The minimum Gasteiger partial charge on any atom is -0.413 e. The van der Waals surface area contributed by atoms with E-state index in [4.69, 9.17) is 5.53 Å². The lowest BCUT2D eigenvalue weighted by atomic mass is 10.3. The Bertz CT molecular complexity index is 580. The van der Waals surface area contributed by atoms with Gasteiger partial charge in [-0.3, -0.25) is 14.9 Å². The molecule has 8 nitrogen and oxygen atoms in total. The van der Waals surface area contributed by atoms with Crippen molar-refractivity contribution < 1.29 is 24.0 Å². The molecule has 18 heavy (non-hydrogen) atoms. The number of rotatable bonds is 4. The van der Waals surface area contributed by atoms with Crippen LogP contribution < -0.4 is 4.74 Å². The number of nitro groups is 1. The summed E-state index contributed by atoms with van der Waals surface area (Å²) >= 11 is 1.70. The van der Waals surface area contributed by atoms with Gasteiger partial charge in [0, 0.05) is 0 Å². The van der Waals surface area contributed by atoms with Gasteiger partial charge in [0.05, 0.1) is 8.49 Å². The van der Waals surface area contributed by atoms with Crippen LogP contribution in [0.4, 0.5) is 5.69 Å². The molecule has 0 unspecified atom stereocenters. The molecule has 0 aliphatic heterocycles. The molecule has 1 aromatic rings. The van der Waals surface area contributed by atoms with Crippen molar-refractivity contribution in [2.24, 2.45) is 0 Å². The highest BCUT2D eigenvalue weighted by Crippen LogP contribution is 2.31. The lowest BCUT2D eigenvalue weighted by molar-refractivity contribution is -0.386. The lowest BCUT2D eigenvalue weighted by Crippen LogP contribution is -2.22. The van der Waals surface area contributed by atoms with Crippen molar-refractivity contribution in [1.82, 2.24) is 0 Å². The van der Waals surface area contributed by atoms with E-state index in [0.29, 0.717) is 6.21 Å². The van der Waals surface area contributed by atoms with Crippen LogP contribution in [0, 0.1) is 13.7 Å². The third-order valence-corrected chi connectivity index (χ3v) is 2.58. The fourth-order valence-corrected chi connectivity index (χ4v) is 1.68. The Labute approximate surface area is 113 Å². The topological polar surface area (TPSA) is 123 Å². The van der Waals surface area contributed by atoms with Gasteiger partial charge in [-0.1, -0.05) is 6.07 Å². The van der Waals surface area contributed by atoms with Gasteiger partial charge in [-0.05, 0) is 34.7 Å². The molecule has 0 aliphatic rings. The van der Waals surface area contributed by atoms with Crippen molar-refractivity contribution in [1.29, 1.82) is 0 Å². The predicted molar refractivity (Wildman–Crippen MR) is 66.1 cm³/mol. The maximum absolute atomic E-state index is 11.2. The fraction of sp³-hybridized carbons (Fsp3) is 0. The van der Waals surface area contributed by atoms with Crippen LogP contribution >= 0.6 is 22.6 Å². The Morgan fingerprint density at radius 2 is 2.17 bits per heavy atom. The summed E-state index contributed by atoms with van der Waals surface area (Å²) in [4.78, 5) is 34.6. The molecule has 9 heteroatoms. The molecule has 1 rings (SSSR count). The van der Waals surface area contributed by atoms with Crippen LogP contribution in [0.2, 0.25) is 0 Å². The molecule has 0 N–H and O–H groups in total. The first-order valence-corrected chi connectivity index (χ1v) is 5.41. The zero-order chi connectivity index (χ0) is 13.7. The Morgan fingerprint density at radius 1 is 1.50 bits per heavy atom. The number of carbonyl (C=O) groups excluding carboxylic acids is 2. The summed E-state index contributed by atoms with van der Waals surface area (Å²) in [5, 5.41) is 10.8. The third-order valence-electron chi connectivity index (χ3n) is 1.71. The van der Waals surface area contributed by atoms with Gasteiger partial charge in [-0.25, -0.2) is 4.79 Å². The number of hydrogen-bond acceptors (Lipinski definition) is 5. The van der Waals surface area contributed by atoms with E-state index in [-0.39, 0.29) is 9.32 Å². The average Bonchev–Trinajstić information content (AvgIpc) is 2.28. The van der Waals surface area contributed by atoms with Crippen LogP contribution in [-0.2, 0) is 9.59 Å². The quantitative estimate of drug-likeness (QED) is 0.0910. The van der Waals surface area contributed by atoms with E-state index in [1.807, 2.05) is 0 Å². The number of Topliss-reactive ketones (excluding diaryl/α,β-unsaturated/α-hetero) is 1. The SMILES string of the molecule is [N-]=[N+]=CC(=O)C(=O)Oc1cccc(I)c1[N+](=O)[O-]. The minimum absolute atomic E-state index is 0.256. The lowest BCUT2D eigenvalue weighted by Gasteiger charge is -2.03. The molecule has 0 atom stereocenters. The van der Waals surface area contributed by atoms with Crippen molar-refractivity contribution in [3.8, 4) is 5.75 Å². The van der Waals surface area contributed by atoms with Crippen LogP contribution in [-0.4, -0.2) is 27.7 Å². The summed E-state index contributed by atoms with van der Waals surface area (Å²) in [6.45, 7) is 0. The summed E-state index contributed by atoms with van der Waals surface area (Å²) < 4.78 is 4.82. The number of nitro benzene ring substituents is 1. The average molecular weight is 361 g/mol. The van der Waals surface area contributed by atoms with Gasteiger partial charge in [0.15, 0.2) is 0 Å². The molecule has 0 fully saturated rings. The molecule has 0 aliphatic carbocycles. The zero-order valence-electron chi connectivity index (χ0n) is 8.57. The monoisotopic (exact) mass is 361 g/mol. The smallest absolute Gasteiger partial charge is 0.392 e. The third kappa shape index (κ3) is 3.18. The molecule has 92 valence electrons. The first-order valence-electron chi connectivity index (χ1n) is 4.34. The van der Waals surface area contributed by atoms with E-state index in [9.17, 15) is 19.7 Å². The normalized spacial score (nSPS) is 9.17. The van der Waals surface area contributed by atoms with Gasteiger partial charge < -0.3 is 10.3 Å². The Hall–Kier alpha value is -2.13. The van der Waals surface area contributed by atoms with Gasteiger partial charge in [0.2, 0.25) is 5.75 Å². The molecule has 0 aromatic heterocycles. The van der Waals surface area contributed by atoms with Crippen molar-refractivity contribution in [3.05, 3.63) is 37.4 Å². The summed E-state index contributed by atoms with van der Waals surface area (Å²) in [7, 11) is 0. The number of ether oxygens (including phenoxy) is 1. The largest absolute Gasteiger partial charge is 0.413 e. The second kappa shape index (κ2) is 5.98. The van der Waals surface area contributed by atoms with Gasteiger partial charge >= 0.3 is 23.7 Å². The van der Waals surface area contributed by atoms with Crippen LogP contribution in [0.15, 0.2) is 18.2 Å². The predicted octanol–water partition coefficient (Wildman–Crippen LogP) is 0.974. The number of benzene rings is 1. The zero-order valence-corrected chi connectivity index (χ0v) is 10.7. The number of ketones is 1. The highest BCUT2D eigenvalue weighted by molar-refractivity contribution is 14.1. The summed E-state index contributed by atoms with van der Waals surface area (Å²) in [6, 6.07) is 4.07. The maximum atomic E-state index is 11.2. The molecule has 0 spiro atoms. The Balaban J connectivity index is 3.09. The first-order chi connectivity index (χ1) is 8.47. The van der Waals surface area contributed by atoms with Crippen molar-refractivity contribution >= 4 is 46.2 Å². The second-order valence-electron chi connectivity index (χ2n) is 2.84. The molecule has 0 bridgehead atoms. The highest BCUT2D eigenvalue weighted by atomic mass is 127. The Morgan fingerprint density at radius 3 is 2.72 bits per heavy atom. The van der Waals surface area contributed by atoms with Gasteiger partial charge in [-0.2, -0.15) is 4.79 Å².